The predicted molar refractivity (Wildman–Crippen MR) is 78.8 cm³/mol. The molecule has 2 N–H and O–H groups in total. The molecule has 19 heavy (non-hydrogen) atoms. The molecular formula is C16H30N2O. The minimum atomic E-state index is 0.383. The van der Waals surface area contributed by atoms with Gasteiger partial charge in [0.2, 0.25) is 5.91 Å². The van der Waals surface area contributed by atoms with Crippen molar-refractivity contribution in [1.29, 1.82) is 0 Å². The summed E-state index contributed by atoms with van der Waals surface area (Å²) in [5, 5.41) is 0. The van der Waals surface area contributed by atoms with Gasteiger partial charge in [0, 0.05) is 25.0 Å². The highest BCUT2D eigenvalue weighted by molar-refractivity contribution is 5.76. The van der Waals surface area contributed by atoms with Gasteiger partial charge in [-0.05, 0) is 57.3 Å². The zero-order valence-electron chi connectivity index (χ0n) is 12.4. The number of piperidine rings is 1. The van der Waals surface area contributed by atoms with Crippen LogP contribution in [0.2, 0.25) is 0 Å². The Labute approximate surface area is 117 Å². The van der Waals surface area contributed by atoms with Crippen molar-refractivity contribution < 1.29 is 4.79 Å². The van der Waals surface area contributed by atoms with Crippen molar-refractivity contribution in [2.45, 2.75) is 83.2 Å². The first-order chi connectivity index (χ1) is 9.20. The second kappa shape index (κ2) is 7.28. The Hall–Kier alpha value is -0.570. The van der Waals surface area contributed by atoms with Crippen molar-refractivity contribution >= 4 is 5.91 Å². The Morgan fingerprint density at radius 1 is 1.16 bits per heavy atom. The van der Waals surface area contributed by atoms with Gasteiger partial charge in [-0.1, -0.05) is 13.3 Å². The molecule has 0 radical (unpaired) electrons. The molecule has 0 aromatic heterocycles. The number of amides is 1. The van der Waals surface area contributed by atoms with Crippen LogP contribution in [0.3, 0.4) is 0 Å². The van der Waals surface area contributed by atoms with Crippen molar-refractivity contribution in [3.05, 3.63) is 0 Å². The minimum absolute atomic E-state index is 0.383. The van der Waals surface area contributed by atoms with E-state index in [1.807, 2.05) is 0 Å². The first-order valence-electron chi connectivity index (χ1n) is 8.25. The van der Waals surface area contributed by atoms with Gasteiger partial charge in [-0.25, -0.2) is 0 Å². The lowest BCUT2D eigenvalue weighted by Crippen LogP contribution is -2.44. The van der Waals surface area contributed by atoms with E-state index < -0.39 is 0 Å². The van der Waals surface area contributed by atoms with Crippen molar-refractivity contribution in [3.63, 3.8) is 0 Å². The number of hydrogen-bond acceptors (Lipinski definition) is 2. The van der Waals surface area contributed by atoms with Gasteiger partial charge in [-0.2, -0.15) is 0 Å². The van der Waals surface area contributed by atoms with Crippen molar-refractivity contribution in [1.82, 2.24) is 4.90 Å². The molecule has 0 spiro atoms. The van der Waals surface area contributed by atoms with Gasteiger partial charge in [-0.3, -0.25) is 4.79 Å². The van der Waals surface area contributed by atoms with Crippen molar-refractivity contribution in [2.75, 3.05) is 6.54 Å². The molecule has 1 saturated carbocycles. The van der Waals surface area contributed by atoms with E-state index in [9.17, 15) is 4.79 Å². The summed E-state index contributed by atoms with van der Waals surface area (Å²) in [4.78, 5) is 14.7. The molecule has 2 rings (SSSR count). The van der Waals surface area contributed by atoms with Crippen molar-refractivity contribution in [2.24, 2.45) is 11.7 Å². The van der Waals surface area contributed by atoms with E-state index in [-0.39, 0.29) is 0 Å². The van der Waals surface area contributed by atoms with E-state index in [1.165, 1.54) is 32.1 Å². The van der Waals surface area contributed by atoms with E-state index in [0.717, 1.165) is 38.6 Å². The summed E-state index contributed by atoms with van der Waals surface area (Å²) in [6.45, 7) is 3.22. The fourth-order valence-corrected chi connectivity index (χ4v) is 3.72. The molecular weight excluding hydrogens is 236 g/mol. The lowest BCUT2D eigenvalue weighted by atomic mass is 9.84. The molecule has 1 amide bonds. The lowest BCUT2D eigenvalue weighted by Gasteiger charge is -2.37. The smallest absolute Gasteiger partial charge is 0.223 e. The van der Waals surface area contributed by atoms with Crippen LogP contribution in [0.5, 0.6) is 0 Å². The largest absolute Gasteiger partial charge is 0.340 e. The molecule has 0 aromatic carbocycles. The third-order valence-corrected chi connectivity index (χ3v) is 4.92. The highest BCUT2D eigenvalue weighted by Gasteiger charge is 2.28. The Morgan fingerprint density at radius 2 is 1.89 bits per heavy atom. The summed E-state index contributed by atoms with van der Waals surface area (Å²) < 4.78 is 0. The highest BCUT2D eigenvalue weighted by Crippen LogP contribution is 2.28. The first kappa shape index (κ1) is 14.8. The maximum Gasteiger partial charge on any atom is 0.223 e. The van der Waals surface area contributed by atoms with Gasteiger partial charge in [0.15, 0.2) is 0 Å². The number of likely N-dealkylation sites (tertiary alicyclic amines) is 1. The molecule has 0 aromatic rings. The Balaban J connectivity index is 1.83. The molecule has 2 aliphatic rings. The van der Waals surface area contributed by atoms with Gasteiger partial charge in [0.25, 0.3) is 0 Å². The molecule has 2 fully saturated rings. The van der Waals surface area contributed by atoms with Crippen molar-refractivity contribution in [3.8, 4) is 0 Å². The van der Waals surface area contributed by atoms with Crippen LogP contribution >= 0.6 is 0 Å². The maximum atomic E-state index is 12.5. The monoisotopic (exact) mass is 266 g/mol. The molecule has 110 valence electrons. The molecule has 3 nitrogen and oxygen atoms in total. The molecule has 3 heteroatoms. The highest BCUT2D eigenvalue weighted by atomic mass is 16.2. The zero-order chi connectivity index (χ0) is 13.7. The van der Waals surface area contributed by atoms with Gasteiger partial charge >= 0.3 is 0 Å². The van der Waals surface area contributed by atoms with Crippen LogP contribution in [-0.4, -0.2) is 29.4 Å². The number of nitrogens with zero attached hydrogens (tertiary/aromatic N) is 1. The van der Waals surface area contributed by atoms with E-state index in [1.54, 1.807) is 0 Å². The second-order valence-corrected chi connectivity index (χ2v) is 6.51. The Morgan fingerprint density at radius 3 is 2.58 bits per heavy atom. The number of carbonyl (C=O) groups excluding carboxylic acids is 1. The van der Waals surface area contributed by atoms with Crippen LogP contribution in [0.4, 0.5) is 0 Å². The van der Waals surface area contributed by atoms with E-state index in [4.69, 9.17) is 5.73 Å². The Bertz CT molecular complexity index is 282. The lowest BCUT2D eigenvalue weighted by molar-refractivity contribution is -0.136. The van der Waals surface area contributed by atoms with Gasteiger partial charge in [0.1, 0.15) is 0 Å². The summed E-state index contributed by atoms with van der Waals surface area (Å²) >= 11 is 0. The second-order valence-electron chi connectivity index (χ2n) is 6.51. The van der Waals surface area contributed by atoms with E-state index in [2.05, 4.69) is 11.8 Å². The standard InChI is InChI=1S/C16H30N2O/c1-2-5-15-6-3-4-11-18(15)16(19)12-13-7-9-14(17)10-8-13/h13-15H,2-12,17H2,1H3. The quantitative estimate of drug-likeness (QED) is 0.850. The summed E-state index contributed by atoms with van der Waals surface area (Å²) in [5.74, 6) is 1.01. The van der Waals surface area contributed by atoms with Crippen LogP contribution in [0, 0.1) is 5.92 Å². The third kappa shape index (κ3) is 4.20. The summed E-state index contributed by atoms with van der Waals surface area (Å²) in [5.41, 5.74) is 5.94. The van der Waals surface area contributed by atoms with Crippen LogP contribution < -0.4 is 5.73 Å². The predicted octanol–water partition coefficient (Wildman–Crippen LogP) is 3.08. The van der Waals surface area contributed by atoms with Crippen LogP contribution in [0.15, 0.2) is 0 Å². The van der Waals surface area contributed by atoms with Gasteiger partial charge in [-0.15, -0.1) is 0 Å². The molecule has 1 unspecified atom stereocenters. The van der Waals surface area contributed by atoms with E-state index >= 15 is 0 Å². The SMILES string of the molecule is CCCC1CCCCN1C(=O)CC1CCC(N)CC1. The molecule has 1 saturated heterocycles. The number of nitrogens with two attached hydrogens (primary N) is 1. The average molecular weight is 266 g/mol. The van der Waals surface area contributed by atoms with Gasteiger partial charge < -0.3 is 10.6 Å². The summed E-state index contributed by atoms with van der Waals surface area (Å²) in [6.07, 6.45) is 11.4. The van der Waals surface area contributed by atoms with E-state index in [0.29, 0.717) is 23.9 Å². The number of hydrogen-bond donors (Lipinski definition) is 1. The number of carbonyl (C=O) groups is 1. The topological polar surface area (TPSA) is 46.3 Å². The molecule has 0 bridgehead atoms. The zero-order valence-corrected chi connectivity index (χ0v) is 12.4. The average Bonchev–Trinajstić information content (AvgIpc) is 2.42. The van der Waals surface area contributed by atoms with Crippen LogP contribution in [-0.2, 0) is 4.79 Å². The fraction of sp³-hybridized carbons (Fsp3) is 0.938. The first-order valence-corrected chi connectivity index (χ1v) is 8.25. The summed E-state index contributed by atoms with van der Waals surface area (Å²) in [7, 11) is 0. The molecule has 1 atom stereocenters. The number of rotatable bonds is 4. The Kier molecular flexibility index (Phi) is 5.68. The fourth-order valence-electron chi connectivity index (χ4n) is 3.72. The molecule has 1 aliphatic carbocycles. The minimum Gasteiger partial charge on any atom is -0.340 e. The normalized spacial score (nSPS) is 32.3. The molecule has 1 aliphatic heterocycles. The van der Waals surface area contributed by atoms with Crippen LogP contribution in [0.1, 0.15) is 71.1 Å². The van der Waals surface area contributed by atoms with Crippen LogP contribution in [0.25, 0.3) is 0 Å². The molecule has 1 heterocycles. The summed E-state index contributed by atoms with van der Waals surface area (Å²) in [6, 6.07) is 0.909. The third-order valence-electron chi connectivity index (χ3n) is 4.92. The maximum absolute atomic E-state index is 12.5. The van der Waals surface area contributed by atoms with Gasteiger partial charge in [0.05, 0.1) is 0 Å².